The Morgan fingerprint density at radius 3 is 3.12 bits per heavy atom. The van der Waals surface area contributed by atoms with Crippen molar-refractivity contribution in [3.8, 4) is 0 Å². The molecule has 0 aromatic heterocycles. The number of para-hydroxylation sites is 1. The fourth-order valence-electron chi connectivity index (χ4n) is 2.74. The van der Waals surface area contributed by atoms with Crippen LogP contribution in [0.3, 0.4) is 0 Å². The van der Waals surface area contributed by atoms with Crippen LogP contribution in [0.15, 0.2) is 24.3 Å². The molecule has 90 valence electrons. The summed E-state index contributed by atoms with van der Waals surface area (Å²) in [6.07, 6.45) is 2.59. The highest BCUT2D eigenvalue weighted by atomic mass is 32.2. The van der Waals surface area contributed by atoms with Gasteiger partial charge in [0.25, 0.3) is 0 Å². The summed E-state index contributed by atoms with van der Waals surface area (Å²) in [5.41, 5.74) is 1.22. The Balaban J connectivity index is 2.00. The minimum atomic E-state index is -0.795. The first-order valence-corrected chi connectivity index (χ1v) is 7.23. The average molecular weight is 266 g/mol. The number of hydrogen-bond donors (Lipinski definition) is 2. The fraction of sp³-hybridized carbons (Fsp3) is 0.417. The summed E-state index contributed by atoms with van der Waals surface area (Å²) < 4.78 is 0.839. The number of likely N-dealkylation sites (tertiary alicyclic amines) is 1. The number of anilines is 1. The van der Waals surface area contributed by atoms with Crippen molar-refractivity contribution in [3.63, 3.8) is 0 Å². The molecule has 2 N–H and O–H groups in total. The molecule has 2 atom stereocenters. The SMILES string of the molecule is CSC(=S)N1CC[C@@]2(O)c3ccccc3N[C@@H]12. The molecule has 1 saturated heterocycles. The molecule has 0 amide bonds. The first-order chi connectivity index (χ1) is 8.16. The first kappa shape index (κ1) is 11.3. The quantitative estimate of drug-likeness (QED) is 0.702. The largest absolute Gasteiger partial charge is 0.381 e. The molecule has 0 spiro atoms. The second kappa shape index (κ2) is 3.86. The average Bonchev–Trinajstić information content (AvgIpc) is 2.81. The highest BCUT2D eigenvalue weighted by Crippen LogP contribution is 2.47. The molecular formula is C12H14N2OS2. The Bertz CT molecular complexity index is 479. The third-order valence-electron chi connectivity index (χ3n) is 3.59. The Hall–Kier alpha value is -0.780. The Labute approximate surface area is 110 Å². The molecule has 5 heteroatoms. The zero-order valence-corrected chi connectivity index (χ0v) is 11.1. The first-order valence-electron chi connectivity index (χ1n) is 5.60. The van der Waals surface area contributed by atoms with E-state index in [0.717, 1.165) is 28.5 Å². The molecule has 1 aromatic carbocycles. The second-order valence-corrected chi connectivity index (χ2v) is 5.87. The topological polar surface area (TPSA) is 35.5 Å². The number of nitrogens with zero attached hydrogens (tertiary/aromatic N) is 1. The van der Waals surface area contributed by atoms with Gasteiger partial charge in [0.2, 0.25) is 0 Å². The molecule has 17 heavy (non-hydrogen) atoms. The predicted octanol–water partition coefficient (Wildman–Crippen LogP) is 1.98. The maximum Gasteiger partial charge on any atom is 0.137 e. The van der Waals surface area contributed by atoms with Crippen molar-refractivity contribution in [3.05, 3.63) is 29.8 Å². The third kappa shape index (κ3) is 1.49. The van der Waals surface area contributed by atoms with Gasteiger partial charge in [0.05, 0.1) is 0 Å². The van der Waals surface area contributed by atoms with Crippen LogP contribution >= 0.6 is 24.0 Å². The van der Waals surface area contributed by atoms with Gasteiger partial charge in [0.15, 0.2) is 0 Å². The number of thioether (sulfide) groups is 1. The van der Waals surface area contributed by atoms with Crippen molar-refractivity contribution < 1.29 is 5.11 Å². The van der Waals surface area contributed by atoms with E-state index in [-0.39, 0.29) is 6.17 Å². The van der Waals surface area contributed by atoms with Gasteiger partial charge in [0.1, 0.15) is 16.1 Å². The fourth-order valence-corrected chi connectivity index (χ4v) is 3.37. The summed E-state index contributed by atoms with van der Waals surface area (Å²) in [6, 6.07) is 7.95. The van der Waals surface area contributed by atoms with E-state index in [2.05, 4.69) is 10.2 Å². The van der Waals surface area contributed by atoms with Crippen molar-refractivity contribution in [2.75, 3.05) is 18.1 Å². The molecule has 2 aliphatic heterocycles. The monoisotopic (exact) mass is 266 g/mol. The van der Waals surface area contributed by atoms with Crippen LogP contribution in [0.25, 0.3) is 0 Å². The molecule has 0 aliphatic carbocycles. The summed E-state index contributed by atoms with van der Waals surface area (Å²) in [6.45, 7) is 0.808. The lowest BCUT2D eigenvalue weighted by Gasteiger charge is -2.29. The highest BCUT2D eigenvalue weighted by Gasteiger charge is 2.53. The maximum absolute atomic E-state index is 10.8. The highest BCUT2D eigenvalue weighted by molar-refractivity contribution is 8.22. The van der Waals surface area contributed by atoms with Gasteiger partial charge in [-0.1, -0.05) is 30.4 Å². The minimum Gasteiger partial charge on any atom is -0.381 e. The molecule has 3 nitrogen and oxygen atoms in total. The molecule has 0 unspecified atom stereocenters. The van der Waals surface area contributed by atoms with E-state index in [1.165, 1.54) is 0 Å². The van der Waals surface area contributed by atoms with Gasteiger partial charge in [-0.3, -0.25) is 0 Å². The molecule has 1 fully saturated rings. The molecular weight excluding hydrogens is 252 g/mol. The molecule has 2 aliphatic rings. The van der Waals surface area contributed by atoms with E-state index < -0.39 is 5.60 Å². The Kier molecular flexibility index (Phi) is 2.57. The van der Waals surface area contributed by atoms with Crippen LogP contribution in [-0.2, 0) is 5.60 Å². The van der Waals surface area contributed by atoms with E-state index in [1.54, 1.807) is 11.8 Å². The number of nitrogens with one attached hydrogen (secondary N) is 1. The van der Waals surface area contributed by atoms with Gasteiger partial charge in [-0.25, -0.2) is 0 Å². The maximum atomic E-state index is 10.8. The number of rotatable bonds is 0. The lowest BCUT2D eigenvalue weighted by molar-refractivity contribution is 0.0304. The van der Waals surface area contributed by atoms with Gasteiger partial charge in [0, 0.05) is 24.2 Å². The van der Waals surface area contributed by atoms with Gasteiger partial charge in [-0.2, -0.15) is 0 Å². The van der Waals surface area contributed by atoms with Gasteiger partial charge in [-0.05, 0) is 12.3 Å². The van der Waals surface area contributed by atoms with Crippen molar-refractivity contribution in [1.82, 2.24) is 4.90 Å². The number of hydrogen-bond acceptors (Lipinski definition) is 4. The minimum absolute atomic E-state index is 0.111. The van der Waals surface area contributed by atoms with Gasteiger partial charge >= 0.3 is 0 Å². The molecule has 0 radical (unpaired) electrons. The molecule has 0 bridgehead atoms. The van der Waals surface area contributed by atoms with Crippen LogP contribution < -0.4 is 5.32 Å². The van der Waals surface area contributed by atoms with Crippen molar-refractivity contribution in [1.29, 1.82) is 0 Å². The predicted molar refractivity (Wildman–Crippen MR) is 75.2 cm³/mol. The van der Waals surface area contributed by atoms with E-state index in [1.807, 2.05) is 30.5 Å². The third-order valence-corrected chi connectivity index (χ3v) is 4.91. The smallest absolute Gasteiger partial charge is 0.137 e. The number of fused-ring (bicyclic) bond motifs is 3. The van der Waals surface area contributed by atoms with Crippen LogP contribution in [0.1, 0.15) is 12.0 Å². The Morgan fingerprint density at radius 2 is 2.35 bits per heavy atom. The lowest BCUT2D eigenvalue weighted by Crippen LogP contribution is -2.44. The van der Waals surface area contributed by atoms with Crippen molar-refractivity contribution in [2.24, 2.45) is 0 Å². The summed E-state index contributed by atoms with van der Waals surface area (Å²) in [7, 11) is 0. The summed E-state index contributed by atoms with van der Waals surface area (Å²) >= 11 is 6.89. The van der Waals surface area contributed by atoms with Crippen molar-refractivity contribution >= 4 is 34.0 Å². The number of aliphatic hydroxyl groups is 1. The van der Waals surface area contributed by atoms with E-state index in [9.17, 15) is 5.11 Å². The molecule has 2 heterocycles. The molecule has 3 rings (SSSR count). The summed E-state index contributed by atoms with van der Waals surface area (Å²) in [4.78, 5) is 2.08. The standard InChI is InChI=1S/C12H14N2OS2/c1-17-11(16)14-7-6-12(15)8-4-2-3-5-9(8)13-10(12)14/h2-5,10,13,15H,6-7H2,1H3/t10-,12+/m0/s1. The zero-order chi connectivity index (χ0) is 12.0. The van der Waals surface area contributed by atoms with Crippen LogP contribution in [0.4, 0.5) is 5.69 Å². The lowest BCUT2D eigenvalue weighted by atomic mass is 9.93. The van der Waals surface area contributed by atoms with Crippen LogP contribution in [0.5, 0.6) is 0 Å². The van der Waals surface area contributed by atoms with E-state index >= 15 is 0 Å². The van der Waals surface area contributed by atoms with Crippen LogP contribution in [-0.4, -0.2) is 33.3 Å². The zero-order valence-electron chi connectivity index (χ0n) is 9.51. The molecule has 0 saturated carbocycles. The Morgan fingerprint density at radius 1 is 1.59 bits per heavy atom. The number of thiocarbonyl (C=S) groups is 1. The summed E-state index contributed by atoms with van der Waals surface area (Å²) in [5, 5.41) is 14.2. The van der Waals surface area contributed by atoms with Gasteiger partial charge < -0.3 is 15.3 Å². The number of benzene rings is 1. The van der Waals surface area contributed by atoms with Crippen molar-refractivity contribution in [2.45, 2.75) is 18.2 Å². The van der Waals surface area contributed by atoms with Gasteiger partial charge in [-0.15, -0.1) is 11.8 Å². The van der Waals surface area contributed by atoms with Crippen LogP contribution in [0.2, 0.25) is 0 Å². The molecule has 1 aromatic rings. The van der Waals surface area contributed by atoms with E-state index in [0.29, 0.717) is 0 Å². The second-order valence-electron chi connectivity index (χ2n) is 4.43. The van der Waals surface area contributed by atoms with Crippen LogP contribution in [0, 0.1) is 0 Å². The van der Waals surface area contributed by atoms with E-state index in [4.69, 9.17) is 12.2 Å². The normalized spacial score (nSPS) is 29.8. The summed E-state index contributed by atoms with van der Waals surface area (Å²) in [5.74, 6) is 0.